The van der Waals surface area contributed by atoms with Crippen LogP contribution in [0.25, 0.3) is 0 Å². The average Bonchev–Trinajstić information content (AvgIpc) is 2.85. The molecule has 0 amide bonds. The molecular formula is C13H11BrO2S. The molecule has 2 nitrogen and oxygen atoms in total. The lowest BCUT2D eigenvalue weighted by atomic mass is 10.2. The van der Waals surface area contributed by atoms with Crippen LogP contribution in [0, 0.1) is 0 Å². The lowest BCUT2D eigenvalue weighted by molar-refractivity contribution is 0.0729. The van der Waals surface area contributed by atoms with Gasteiger partial charge in [-0.25, -0.2) is 0 Å². The molecule has 0 aliphatic carbocycles. The van der Waals surface area contributed by atoms with Gasteiger partial charge in [-0.1, -0.05) is 40.2 Å². The smallest absolute Gasteiger partial charge is 0.198 e. The Morgan fingerprint density at radius 3 is 2.76 bits per heavy atom. The van der Waals surface area contributed by atoms with Gasteiger partial charge >= 0.3 is 0 Å². The Bertz CT molecular complexity index is 494. The Morgan fingerprint density at radius 2 is 2.06 bits per heavy atom. The molecule has 0 fully saturated rings. The van der Waals surface area contributed by atoms with E-state index in [0.29, 0.717) is 6.61 Å². The summed E-state index contributed by atoms with van der Waals surface area (Å²) in [5.74, 6) is 0.0343. The van der Waals surface area contributed by atoms with Crippen molar-refractivity contribution in [3.05, 3.63) is 56.7 Å². The molecule has 0 atom stereocenters. The molecule has 1 aromatic heterocycles. The summed E-state index contributed by atoms with van der Waals surface area (Å²) in [6.45, 7) is 0.570. The lowest BCUT2D eigenvalue weighted by Crippen LogP contribution is -2.07. The SMILES string of the molecule is O=C(COCc1ccccc1Br)c1cccs1. The van der Waals surface area contributed by atoms with Gasteiger partial charge in [0.25, 0.3) is 0 Å². The predicted molar refractivity (Wildman–Crippen MR) is 72.4 cm³/mol. The third kappa shape index (κ3) is 3.49. The van der Waals surface area contributed by atoms with E-state index in [1.807, 2.05) is 41.8 Å². The first-order chi connectivity index (χ1) is 8.27. The van der Waals surface area contributed by atoms with Crippen LogP contribution in [0.15, 0.2) is 46.3 Å². The zero-order chi connectivity index (χ0) is 12.1. The van der Waals surface area contributed by atoms with Crippen molar-refractivity contribution in [2.75, 3.05) is 6.61 Å². The summed E-state index contributed by atoms with van der Waals surface area (Å²) in [7, 11) is 0. The van der Waals surface area contributed by atoms with Crippen LogP contribution in [0.5, 0.6) is 0 Å². The highest BCUT2D eigenvalue weighted by molar-refractivity contribution is 9.10. The van der Waals surface area contributed by atoms with Crippen LogP contribution in [0.3, 0.4) is 0 Å². The maximum absolute atomic E-state index is 11.7. The molecule has 2 aromatic rings. The predicted octanol–water partition coefficient (Wildman–Crippen LogP) is 3.91. The number of carbonyl (C=O) groups is 1. The number of halogens is 1. The van der Waals surface area contributed by atoms with E-state index >= 15 is 0 Å². The highest BCUT2D eigenvalue weighted by atomic mass is 79.9. The molecule has 0 aliphatic heterocycles. The maximum Gasteiger partial charge on any atom is 0.198 e. The normalized spacial score (nSPS) is 10.4. The maximum atomic E-state index is 11.7. The molecular weight excluding hydrogens is 300 g/mol. The van der Waals surface area contributed by atoms with Gasteiger partial charge in [-0.3, -0.25) is 4.79 Å². The molecule has 0 unspecified atom stereocenters. The van der Waals surface area contributed by atoms with Gasteiger partial charge in [-0.2, -0.15) is 0 Å². The number of rotatable bonds is 5. The van der Waals surface area contributed by atoms with Gasteiger partial charge in [0.05, 0.1) is 11.5 Å². The van der Waals surface area contributed by atoms with Crippen LogP contribution in [0.1, 0.15) is 15.2 Å². The van der Waals surface area contributed by atoms with Gasteiger partial charge < -0.3 is 4.74 Å². The van der Waals surface area contributed by atoms with Crippen molar-refractivity contribution >= 4 is 33.0 Å². The molecule has 1 heterocycles. The average molecular weight is 311 g/mol. The Morgan fingerprint density at radius 1 is 1.24 bits per heavy atom. The van der Waals surface area contributed by atoms with Gasteiger partial charge in [-0.05, 0) is 23.1 Å². The van der Waals surface area contributed by atoms with Crippen LogP contribution < -0.4 is 0 Å². The minimum absolute atomic E-state index is 0.0343. The fraction of sp³-hybridized carbons (Fsp3) is 0.154. The summed E-state index contributed by atoms with van der Waals surface area (Å²) in [5, 5.41) is 1.89. The Balaban J connectivity index is 1.84. The van der Waals surface area contributed by atoms with Gasteiger partial charge in [0.15, 0.2) is 5.78 Å². The quantitative estimate of drug-likeness (QED) is 0.783. The molecule has 0 spiro atoms. The molecule has 0 N–H and O–H groups in total. The van der Waals surface area contributed by atoms with E-state index in [2.05, 4.69) is 15.9 Å². The molecule has 2 rings (SSSR count). The van der Waals surface area contributed by atoms with Crippen LogP contribution >= 0.6 is 27.3 Å². The van der Waals surface area contributed by atoms with Crippen molar-refractivity contribution in [2.45, 2.75) is 6.61 Å². The van der Waals surface area contributed by atoms with Crippen molar-refractivity contribution in [3.63, 3.8) is 0 Å². The van der Waals surface area contributed by atoms with E-state index < -0.39 is 0 Å². The monoisotopic (exact) mass is 310 g/mol. The summed E-state index contributed by atoms with van der Waals surface area (Å²) >= 11 is 4.88. The lowest BCUT2D eigenvalue weighted by Gasteiger charge is -2.04. The zero-order valence-corrected chi connectivity index (χ0v) is 11.5. The van der Waals surface area contributed by atoms with Crippen LogP contribution in [0.2, 0.25) is 0 Å². The summed E-state index contributed by atoms with van der Waals surface area (Å²) in [5.41, 5.74) is 1.05. The number of ketones is 1. The minimum Gasteiger partial charge on any atom is -0.369 e. The third-order valence-corrected chi connectivity index (χ3v) is 3.93. The second-order valence-corrected chi connectivity index (χ2v) is 5.29. The molecule has 88 valence electrons. The fourth-order valence-electron chi connectivity index (χ4n) is 1.38. The second-order valence-electron chi connectivity index (χ2n) is 3.48. The third-order valence-electron chi connectivity index (χ3n) is 2.24. The molecule has 0 bridgehead atoms. The molecule has 0 radical (unpaired) electrons. The summed E-state index contributed by atoms with van der Waals surface area (Å²) in [4.78, 5) is 12.4. The highest BCUT2D eigenvalue weighted by Crippen LogP contribution is 2.17. The van der Waals surface area contributed by atoms with Crippen LogP contribution in [0.4, 0.5) is 0 Å². The van der Waals surface area contributed by atoms with E-state index in [4.69, 9.17) is 4.74 Å². The van der Waals surface area contributed by atoms with E-state index in [-0.39, 0.29) is 12.4 Å². The standard InChI is InChI=1S/C13H11BrO2S/c14-11-5-2-1-4-10(11)8-16-9-12(15)13-6-3-7-17-13/h1-7H,8-9H2. The zero-order valence-electron chi connectivity index (χ0n) is 9.06. The number of hydrogen-bond acceptors (Lipinski definition) is 3. The van der Waals surface area contributed by atoms with E-state index in [0.717, 1.165) is 14.9 Å². The molecule has 4 heteroatoms. The summed E-state index contributed by atoms with van der Waals surface area (Å²) in [6.07, 6.45) is 0. The Labute approximate surface area is 112 Å². The molecule has 0 aliphatic rings. The first kappa shape index (κ1) is 12.5. The number of thiophene rings is 1. The fourth-order valence-corrected chi connectivity index (χ4v) is 2.43. The minimum atomic E-state index is 0.0343. The summed E-state index contributed by atoms with van der Waals surface area (Å²) in [6, 6.07) is 11.5. The number of benzene rings is 1. The summed E-state index contributed by atoms with van der Waals surface area (Å²) < 4.78 is 6.42. The molecule has 17 heavy (non-hydrogen) atoms. The van der Waals surface area contributed by atoms with E-state index in [9.17, 15) is 4.79 Å². The Kier molecular flexibility index (Phi) is 4.48. The number of carbonyl (C=O) groups excluding carboxylic acids is 1. The van der Waals surface area contributed by atoms with Gasteiger partial charge in [0, 0.05) is 4.47 Å². The van der Waals surface area contributed by atoms with Gasteiger partial charge in [0.2, 0.25) is 0 Å². The molecule has 0 saturated heterocycles. The van der Waals surface area contributed by atoms with Crippen molar-refractivity contribution in [1.82, 2.24) is 0 Å². The van der Waals surface area contributed by atoms with E-state index in [1.54, 1.807) is 0 Å². The topological polar surface area (TPSA) is 26.3 Å². The van der Waals surface area contributed by atoms with Crippen molar-refractivity contribution in [2.24, 2.45) is 0 Å². The largest absolute Gasteiger partial charge is 0.369 e. The number of Topliss-reactive ketones (excluding diaryl/α,β-unsaturated/α-hetero) is 1. The Hall–Kier alpha value is -0.970. The van der Waals surface area contributed by atoms with Crippen molar-refractivity contribution in [1.29, 1.82) is 0 Å². The molecule has 1 aromatic carbocycles. The van der Waals surface area contributed by atoms with Crippen molar-refractivity contribution < 1.29 is 9.53 Å². The van der Waals surface area contributed by atoms with Crippen LogP contribution in [-0.2, 0) is 11.3 Å². The molecule has 0 saturated carbocycles. The number of hydrogen-bond donors (Lipinski definition) is 0. The van der Waals surface area contributed by atoms with Gasteiger partial charge in [-0.15, -0.1) is 11.3 Å². The van der Waals surface area contributed by atoms with Crippen molar-refractivity contribution in [3.8, 4) is 0 Å². The van der Waals surface area contributed by atoms with Crippen LogP contribution in [-0.4, -0.2) is 12.4 Å². The second kappa shape index (κ2) is 6.10. The first-order valence-corrected chi connectivity index (χ1v) is 6.82. The van der Waals surface area contributed by atoms with E-state index in [1.165, 1.54) is 11.3 Å². The highest BCUT2D eigenvalue weighted by Gasteiger charge is 2.07. The van der Waals surface area contributed by atoms with Gasteiger partial charge in [0.1, 0.15) is 6.61 Å². The first-order valence-electron chi connectivity index (χ1n) is 5.15. The number of ether oxygens (including phenoxy) is 1.